The molecule has 0 aliphatic rings. The summed E-state index contributed by atoms with van der Waals surface area (Å²) in [7, 11) is 0. The lowest BCUT2D eigenvalue weighted by Gasteiger charge is -2.05. The number of aliphatic hydroxyl groups excluding tert-OH is 1. The number of ether oxygens (including phenoxy) is 1. The van der Waals surface area contributed by atoms with Crippen LogP contribution in [-0.2, 0) is 4.74 Å². The largest absolute Gasteiger partial charge is 0.394 e. The minimum atomic E-state index is 0.0317. The first-order chi connectivity index (χ1) is 9.74. The highest BCUT2D eigenvalue weighted by Gasteiger charge is 2.13. The predicted octanol–water partition coefficient (Wildman–Crippen LogP) is 1.52. The molecule has 0 bridgehead atoms. The normalized spacial score (nSPS) is 10.9. The van der Waals surface area contributed by atoms with E-state index in [1.807, 2.05) is 24.3 Å². The first kappa shape index (κ1) is 15.3. The molecule has 0 radical (unpaired) electrons. The standard InChI is InChI=1S/C12H15BrN4O2S/c13-10-4-2-1-3-9(10)11-15-16-12(17(11)14)20-8-7-19-6-5-18/h1-4,18H,5-8,14H2. The molecule has 0 unspecified atom stereocenters. The second-order valence-corrected chi connectivity index (χ2v) is 5.76. The maximum Gasteiger partial charge on any atom is 0.210 e. The second kappa shape index (κ2) is 7.63. The van der Waals surface area contributed by atoms with Crippen LogP contribution in [0.3, 0.4) is 0 Å². The van der Waals surface area contributed by atoms with Crippen molar-refractivity contribution in [2.75, 3.05) is 31.4 Å². The summed E-state index contributed by atoms with van der Waals surface area (Å²) in [5.41, 5.74) is 0.894. The molecule has 2 rings (SSSR count). The summed E-state index contributed by atoms with van der Waals surface area (Å²) in [6, 6.07) is 7.71. The van der Waals surface area contributed by atoms with E-state index in [-0.39, 0.29) is 6.61 Å². The molecule has 20 heavy (non-hydrogen) atoms. The molecule has 8 heteroatoms. The van der Waals surface area contributed by atoms with Crippen LogP contribution >= 0.6 is 27.7 Å². The molecular formula is C12H15BrN4O2S. The summed E-state index contributed by atoms with van der Waals surface area (Å²) in [4.78, 5) is 0. The lowest BCUT2D eigenvalue weighted by atomic mass is 10.2. The third-order valence-corrected chi connectivity index (χ3v) is 4.07. The van der Waals surface area contributed by atoms with E-state index in [4.69, 9.17) is 15.7 Å². The SMILES string of the molecule is Nn1c(SCCOCCO)nnc1-c1ccccc1Br. The van der Waals surface area contributed by atoms with E-state index in [1.54, 1.807) is 0 Å². The number of aliphatic hydroxyl groups is 1. The van der Waals surface area contributed by atoms with Gasteiger partial charge in [-0.3, -0.25) is 0 Å². The van der Waals surface area contributed by atoms with Crippen LogP contribution in [0.1, 0.15) is 0 Å². The summed E-state index contributed by atoms with van der Waals surface area (Å²) in [6.45, 7) is 0.907. The van der Waals surface area contributed by atoms with E-state index < -0.39 is 0 Å². The zero-order chi connectivity index (χ0) is 14.4. The Kier molecular flexibility index (Phi) is 5.84. The Balaban J connectivity index is 2.02. The summed E-state index contributed by atoms with van der Waals surface area (Å²) < 4.78 is 7.57. The molecular weight excluding hydrogens is 344 g/mol. The predicted molar refractivity (Wildman–Crippen MR) is 81.9 cm³/mol. The van der Waals surface area contributed by atoms with Crippen molar-refractivity contribution in [2.45, 2.75) is 5.16 Å². The smallest absolute Gasteiger partial charge is 0.210 e. The van der Waals surface area contributed by atoms with Gasteiger partial charge in [0.15, 0.2) is 5.82 Å². The molecule has 0 aliphatic carbocycles. The Bertz CT molecular complexity index is 564. The van der Waals surface area contributed by atoms with Crippen molar-refractivity contribution in [3.8, 4) is 11.4 Å². The van der Waals surface area contributed by atoms with E-state index in [9.17, 15) is 0 Å². The van der Waals surface area contributed by atoms with Crippen LogP contribution in [0.2, 0.25) is 0 Å². The Morgan fingerprint density at radius 3 is 2.85 bits per heavy atom. The molecule has 108 valence electrons. The molecule has 1 aromatic heterocycles. The quantitative estimate of drug-likeness (QED) is 0.443. The third-order valence-electron chi connectivity index (χ3n) is 2.47. The van der Waals surface area contributed by atoms with Crippen LogP contribution < -0.4 is 5.84 Å². The van der Waals surface area contributed by atoms with E-state index in [2.05, 4.69) is 26.1 Å². The average molecular weight is 359 g/mol. The van der Waals surface area contributed by atoms with Gasteiger partial charge in [0.2, 0.25) is 5.16 Å². The monoisotopic (exact) mass is 358 g/mol. The van der Waals surface area contributed by atoms with Gasteiger partial charge in [0, 0.05) is 15.8 Å². The zero-order valence-corrected chi connectivity index (χ0v) is 13.1. The highest BCUT2D eigenvalue weighted by atomic mass is 79.9. The lowest BCUT2D eigenvalue weighted by molar-refractivity contribution is 0.103. The van der Waals surface area contributed by atoms with Gasteiger partial charge in [-0.2, -0.15) is 0 Å². The van der Waals surface area contributed by atoms with Gasteiger partial charge in [0.1, 0.15) is 0 Å². The van der Waals surface area contributed by atoms with E-state index >= 15 is 0 Å². The van der Waals surface area contributed by atoms with Gasteiger partial charge in [-0.1, -0.05) is 39.8 Å². The van der Waals surface area contributed by atoms with Crippen molar-refractivity contribution in [2.24, 2.45) is 0 Å². The number of thioether (sulfide) groups is 1. The molecule has 0 saturated carbocycles. The fourth-order valence-electron chi connectivity index (χ4n) is 1.56. The molecule has 6 nitrogen and oxygen atoms in total. The van der Waals surface area contributed by atoms with Crippen molar-refractivity contribution in [1.29, 1.82) is 0 Å². The van der Waals surface area contributed by atoms with Gasteiger partial charge < -0.3 is 15.7 Å². The van der Waals surface area contributed by atoms with Crippen molar-refractivity contribution < 1.29 is 9.84 Å². The number of hydrogen-bond acceptors (Lipinski definition) is 6. The molecule has 0 fully saturated rings. The minimum absolute atomic E-state index is 0.0317. The molecule has 2 aromatic rings. The molecule has 0 aliphatic heterocycles. The molecule has 3 N–H and O–H groups in total. The second-order valence-electron chi connectivity index (χ2n) is 3.84. The van der Waals surface area contributed by atoms with E-state index in [0.717, 1.165) is 10.0 Å². The molecule has 0 spiro atoms. The van der Waals surface area contributed by atoms with Crippen LogP contribution in [0, 0.1) is 0 Å². The fourth-order valence-corrected chi connectivity index (χ4v) is 2.73. The number of hydrogen-bond donors (Lipinski definition) is 2. The van der Waals surface area contributed by atoms with Crippen LogP contribution in [0.4, 0.5) is 0 Å². The Morgan fingerprint density at radius 2 is 2.10 bits per heavy atom. The minimum Gasteiger partial charge on any atom is -0.394 e. The molecule has 1 heterocycles. The summed E-state index contributed by atoms with van der Waals surface area (Å²) >= 11 is 4.93. The third kappa shape index (κ3) is 3.72. The fraction of sp³-hybridized carbons (Fsp3) is 0.333. The highest BCUT2D eigenvalue weighted by Crippen LogP contribution is 2.27. The number of benzene rings is 1. The van der Waals surface area contributed by atoms with Gasteiger partial charge in [0.05, 0.1) is 19.8 Å². The number of nitrogens with two attached hydrogens (primary N) is 1. The van der Waals surface area contributed by atoms with Crippen molar-refractivity contribution >= 4 is 27.7 Å². The molecule has 0 amide bonds. The summed E-state index contributed by atoms with van der Waals surface area (Å²) in [5.74, 6) is 7.32. The zero-order valence-electron chi connectivity index (χ0n) is 10.7. The Labute approximate surface area is 129 Å². The van der Waals surface area contributed by atoms with Gasteiger partial charge in [0.25, 0.3) is 0 Å². The number of aromatic nitrogens is 3. The topological polar surface area (TPSA) is 86.2 Å². The Hall–Kier alpha value is -1.09. The van der Waals surface area contributed by atoms with Gasteiger partial charge >= 0.3 is 0 Å². The lowest BCUT2D eigenvalue weighted by Crippen LogP contribution is -2.12. The molecule has 0 saturated heterocycles. The van der Waals surface area contributed by atoms with Crippen LogP contribution in [0.5, 0.6) is 0 Å². The van der Waals surface area contributed by atoms with Gasteiger partial charge in [-0.05, 0) is 12.1 Å². The maximum absolute atomic E-state index is 8.60. The number of halogens is 1. The van der Waals surface area contributed by atoms with Crippen molar-refractivity contribution in [1.82, 2.24) is 14.9 Å². The van der Waals surface area contributed by atoms with Gasteiger partial charge in [-0.25, -0.2) is 4.68 Å². The Morgan fingerprint density at radius 1 is 1.30 bits per heavy atom. The van der Waals surface area contributed by atoms with Crippen molar-refractivity contribution in [3.05, 3.63) is 28.7 Å². The van der Waals surface area contributed by atoms with Crippen LogP contribution in [0.15, 0.2) is 33.9 Å². The first-order valence-electron chi connectivity index (χ1n) is 6.01. The molecule has 0 atom stereocenters. The van der Waals surface area contributed by atoms with Gasteiger partial charge in [-0.15, -0.1) is 10.2 Å². The summed E-state index contributed by atoms with van der Waals surface area (Å²) in [6.07, 6.45) is 0. The number of nitrogens with zero attached hydrogens (tertiary/aromatic N) is 3. The number of nitrogen functional groups attached to an aromatic ring is 1. The van der Waals surface area contributed by atoms with E-state index in [1.165, 1.54) is 16.4 Å². The van der Waals surface area contributed by atoms with Crippen LogP contribution in [-0.4, -0.2) is 45.6 Å². The van der Waals surface area contributed by atoms with Crippen molar-refractivity contribution in [3.63, 3.8) is 0 Å². The maximum atomic E-state index is 8.60. The highest BCUT2D eigenvalue weighted by molar-refractivity contribution is 9.10. The first-order valence-corrected chi connectivity index (χ1v) is 7.78. The van der Waals surface area contributed by atoms with Crippen LogP contribution in [0.25, 0.3) is 11.4 Å². The number of rotatable bonds is 7. The summed E-state index contributed by atoms with van der Waals surface area (Å²) in [5, 5.41) is 17.4. The molecule has 1 aromatic carbocycles. The van der Waals surface area contributed by atoms with E-state index in [0.29, 0.717) is 29.9 Å². The average Bonchev–Trinajstić information content (AvgIpc) is 2.81.